The van der Waals surface area contributed by atoms with Crippen LogP contribution in [0.15, 0.2) is 3.92 Å². The number of hydrogen-bond acceptors (Lipinski definition) is 5. The summed E-state index contributed by atoms with van der Waals surface area (Å²) in [5.74, 6) is 0.601. The topological polar surface area (TPSA) is 38.2 Å². The van der Waals surface area contributed by atoms with Crippen molar-refractivity contribution in [2.45, 2.75) is 13.8 Å². The molecule has 1 aromatic heterocycles. The van der Waals surface area contributed by atoms with E-state index in [0.717, 1.165) is 22.1 Å². The van der Waals surface area contributed by atoms with Crippen LogP contribution in [0.3, 0.4) is 0 Å². The molecule has 6 heteroatoms. The zero-order valence-electron chi connectivity index (χ0n) is 9.23. The Balaban J connectivity index is 2.62. The summed E-state index contributed by atoms with van der Waals surface area (Å²) in [6.45, 7) is 6.93. The Labute approximate surface area is 103 Å². The Morgan fingerprint density at radius 3 is 2.67 bits per heavy atom. The zero-order chi connectivity index (χ0) is 11.3. The third-order valence-electron chi connectivity index (χ3n) is 1.81. The molecule has 0 radical (unpaired) electrons. The van der Waals surface area contributed by atoms with Crippen molar-refractivity contribution in [2.24, 2.45) is 5.92 Å². The van der Waals surface area contributed by atoms with Gasteiger partial charge in [-0.15, -0.1) is 10.2 Å². The maximum absolute atomic E-state index is 5.09. The standard InChI is InChI=1S/C9H16BrN3OS/c1-7(2)6-13(4-5-14-3)9-12-11-8(10)15-9/h7H,4-6H2,1-3H3. The first-order valence-corrected chi connectivity index (χ1v) is 6.47. The second-order valence-electron chi connectivity index (χ2n) is 3.67. The lowest BCUT2D eigenvalue weighted by Gasteiger charge is -2.22. The average molecular weight is 294 g/mol. The van der Waals surface area contributed by atoms with Crippen molar-refractivity contribution in [3.05, 3.63) is 3.92 Å². The van der Waals surface area contributed by atoms with Gasteiger partial charge in [-0.3, -0.25) is 0 Å². The molecule has 0 bridgehead atoms. The Morgan fingerprint density at radius 1 is 1.47 bits per heavy atom. The van der Waals surface area contributed by atoms with Crippen molar-refractivity contribution in [3.63, 3.8) is 0 Å². The van der Waals surface area contributed by atoms with Crippen LogP contribution < -0.4 is 4.90 Å². The number of nitrogens with zero attached hydrogens (tertiary/aromatic N) is 3. The van der Waals surface area contributed by atoms with E-state index in [2.05, 4.69) is 44.9 Å². The molecule has 15 heavy (non-hydrogen) atoms. The van der Waals surface area contributed by atoms with Crippen molar-refractivity contribution < 1.29 is 4.74 Å². The Bertz CT molecular complexity index is 293. The minimum absolute atomic E-state index is 0.601. The van der Waals surface area contributed by atoms with E-state index in [0.29, 0.717) is 12.5 Å². The predicted octanol–water partition coefficient (Wildman–Crippen LogP) is 2.41. The molecule has 86 valence electrons. The second kappa shape index (κ2) is 6.40. The van der Waals surface area contributed by atoms with E-state index in [1.807, 2.05) is 0 Å². The molecular formula is C9H16BrN3OS. The highest BCUT2D eigenvalue weighted by atomic mass is 79.9. The van der Waals surface area contributed by atoms with E-state index in [1.54, 1.807) is 18.4 Å². The molecule has 0 unspecified atom stereocenters. The highest BCUT2D eigenvalue weighted by Gasteiger charge is 2.12. The van der Waals surface area contributed by atoms with Gasteiger partial charge < -0.3 is 9.64 Å². The molecule has 0 N–H and O–H groups in total. The molecule has 0 aliphatic heterocycles. The van der Waals surface area contributed by atoms with Crippen LogP contribution in [-0.4, -0.2) is 37.0 Å². The molecule has 0 spiro atoms. The zero-order valence-corrected chi connectivity index (χ0v) is 11.6. The molecule has 0 saturated heterocycles. The SMILES string of the molecule is COCCN(CC(C)C)c1nnc(Br)s1. The van der Waals surface area contributed by atoms with Crippen LogP contribution in [0.25, 0.3) is 0 Å². The minimum Gasteiger partial charge on any atom is -0.383 e. The van der Waals surface area contributed by atoms with Gasteiger partial charge >= 0.3 is 0 Å². The van der Waals surface area contributed by atoms with Gasteiger partial charge in [-0.05, 0) is 21.8 Å². The largest absolute Gasteiger partial charge is 0.383 e. The fourth-order valence-electron chi connectivity index (χ4n) is 1.23. The van der Waals surface area contributed by atoms with E-state index < -0.39 is 0 Å². The van der Waals surface area contributed by atoms with Crippen molar-refractivity contribution in [2.75, 3.05) is 31.7 Å². The number of methoxy groups -OCH3 is 1. The summed E-state index contributed by atoms with van der Waals surface area (Å²) < 4.78 is 5.91. The molecule has 0 aliphatic rings. The number of aromatic nitrogens is 2. The van der Waals surface area contributed by atoms with Crippen LogP contribution in [0.1, 0.15) is 13.8 Å². The van der Waals surface area contributed by atoms with Gasteiger partial charge in [-0.25, -0.2) is 0 Å². The molecule has 1 aromatic rings. The van der Waals surface area contributed by atoms with E-state index >= 15 is 0 Å². The Hall–Kier alpha value is -0.200. The predicted molar refractivity (Wildman–Crippen MR) is 66.5 cm³/mol. The Kier molecular flexibility index (Phi) is 5.49. The molecule has 1 heterocycles. The molecule has 0 aromatic carbocycles. The van der Waals surface area contributed by atoms with Crippen molar-refractivity contribution >= 4 is 32.4 Å². The summed E-state index contributed by atoms with van der Waals surface area (Å²) >= 11 is 4.87. The van der Waals surface area contributed by atoms with Crippen LogP contribution in [0.2, 0.25) is 0 Å². The van der Waals surface area contributed by atoms with Crippen LogP contribution >= 0.6 is 27.3 Å². The van der Waals surface area contributed by atoms with E-state index in [-0.39, 0.29) is 0 Å². The van der Waals surface area contributed by atoms with E-state index in [1.165, 1.54) is 0 Å². The summed E-state index contributed by atoms with van der Waals surface area (Å²) in [4.78, 5) is 2.20. The maximum atomic E-state index is 5.09. The van der Waals surface area contributed by atoms with Gasteiger partial charge in [0.25, 0.3) is 0 Å². The van der Waals surface area contributed by atoms with Crippen molar-refractivity contribution in [1.29, 1.82) is 0 Å². The van der Waals surface area contributed by atoms with Gasteiger partial charge in [-0.1, -0.05) is 25.2 Å². The second-order valence-corrected chi connectivity index (χ2v) is 5.90. The van der Waals surface area contributed by atoms with E-state index in [4.69, 9.17) is 4.74 Å². The lowest BCUT2D eigenvalue weighted by molar-refractivity contribution is 0.204. The number of hydrogen-bond donors (Lipinski definition) is 0. The molecular weight excluding hydrogens is 278 g/mol. The molecule has 0 saturated carbocycles. The highest BCUT2D eigenvalue weighted by Crippen LogP contribution is 2.24. The fraction of sp³-hybridized carbons (Fsp3) is 0.778. The summed E-state index contributed by atoms with van der Waals surface area (Å²) in [7, 11) is 1.71. The van der Waals surface area contributed by atoms with Gasteiger partial charge in [0.2, 0.25) is 5.13 Å². The lowest BCUT2D eigenvalue weighted by atomic mass is 10.2. The van der Waals surface area contributed by atoms with Crippen molar-refractivity contribution in [1.82, 2.24) is 10.2 Å². The van der Waals surface area contributed by atoms with Crippen LogP contribution in [0, 0.1) is 5.92 Å². The van der Waals surface area contributed by atoms with Gasteiger partial charge in [0.1, 0.15) is 0 Å². The number of ether oxygens (including phenoxy) is 1. The number of anilines is 1. The summed E-state index contributed by atoms with van der Waals surface area (Å²) in [5.41, 5.74) is 0. The van der Waals surface area contributed by atoms with Crippen LogP contribution in [-0.2, 0) is 4.74 Å². The normalized spacial score (nSPS) is 11.0. The molecule has 0 fully saturated rings. The summed E-state index contributed by atoms with van der Waals surface area (Å²) in [6.07, 6.45) is 0. The monoisotopic (exact) mass is 293 g/mol. The van der Waals surface area contributed by atoms with Gasteiger partial charge in [-0.2, -0.15) is 0 Å². The third kappa shape index (κ3) is 4.44. The number of rotatable bonds is 6. The van der Waals surface area contributed by atoms with Gasteiger partial charge in [0, 0.05) is 20.2 Å². The molecule has 4 nitrogen and oxygen atoms in total. The Morgan fingerprint density at radius 2 is 2.20 bits per heavy atom. The molecule has 0 amide bonds. The summed E-state index contributed by atoms with van der Waals surface area (Å²) in [5, 5.41) is 9.02. The van der Waals surface area contributed by atoms with Crippen molar-refractivity contribution in [3.8, 4) is 0 Å². The molecule has 1 rings (SSSR count). The van der Waals surface area contributed by atoms with Crippen LogP contribution in [0.4, 0.5) is 5.13 Å². The first kappa shape index (κ1) is 12.9. The smallest absolute Gasteiger partial charge is 0.209 e. The van der Waals surface area contributed by atoms with Gasteiger partial charge in [0.05, 0.1) is 6.61 Å². The molecule has 0 aliphatic carbocycles. The lowest BCUT2D eigenvalue weighted by Crippen LogP contribution is -2.30. The summed E-state index contributed by atoms with van der Waals surface area (Å²) in [6, 6.07) is 0. The third-order valence-corrected chi connectivity index (χ3v) is 3.23. The molecule has 0 atom stereocenters. The average Bonchev–Trinajstić information content (AvgIpc) is 2.58. The van der Waals surface area contributed by atoms with Gasteiger partial charge in [0.15, 0.2) is 3.92 Å². The van der Waals surface area contributed by atoms with Crippen LogP contribution in [0.5, 0.6) is 0 Å². The first-order valence-electron chi connectivity index (χ1n) is 4.86. The van der Waals surface area contributed by atoms with E-state index in [9.17, 15) is 0 Å². The highest BCUT2D eigenvalue weighted by molar-refractivity contribution is 9.11. The first-order chi connectivity index (χ1) is 7.13. The fourth-order valence-corrected chi connectivity index (χ4v) is 2.36. The maximum Gasteiger partial charge on any atom is 0.209 e. The quantitative estimate of drug-likeness (QED) is 0.807. The number of halogens is 1. The minimum atomic E-state index is 0.601.